The monoisotopic (exact) mass is 212 g/mol. The molecule has 1 aliphatic rings. The summed E-state index contributed by atoms with van der Waals surface area (Å²) in [5.74, 6) is -1.17. The lowest BCUT2D eigenvalue weighted by molar-refractivity contribution is -0.326. The number of rotatable bonds is 4. The van der Waals surface area contributed by atoms with E-state index in [2.05, 4.69) is 9.47 Å². The summed E-state index contributed by atoms with van der Waals surface area (Å²) in [6, 6.07) is 0. The van der Waals surface area contributed by atoms with Gasteiger partial charge in [0.1, 0.15) is 0 Å². The van der Waals surface area contributed by atoms with E-state index in [1.54, 1.807) is 6.92 Å². The van der Waals surface area contributed by atoms with Gasteiger partial charge in [-0.2, -0.15) is 0 Å². The highest BCUT2D eigenvalue weighted by Crippen LogP contribution is 2.40. The van der Waals surface area contributed by atoms with Crippen molar-refractivity contribution in [3.8, 4) is 0 Å². The number of hydrogen-bond donors (Lipinski definition) is 0. The van der Waals surface area contributed by atoms with Crippen LogP contribution in [0.5, 0.6) is 0 Å². The Morgan fingerprint density at radius 2 is 2.14 bits per heavy atom. The molecule has 0 amide bonds. The van der Waals surface area contributed by atoms with E-state index in [0.717, 1.165) is 0 Å². The number of carbonyl (C=O) groups is 1. The van der Waals surface area contributed by atoms with Crippen molar-refractivity contribution in [2.75, 3.05) is 13.2 Å². The van der Waals surface area contributed by atoms with Crippen LogP contribution in [-0.2, 0) is 14.3 Å². The van der Waals surface area contributed by atoms with E-state index in [1.165, 1.54) is 0 Å². The largest absolute Gasteiger partial charge is 0.522 e. The van der Waals surface area contributed by atoms with Crippen molar-refractivity contribution < 1.29 is 27.4 Å². The van der Waals surface area contributed by atoms with Crippen molar-refractivity contribution in [3.05, 3.63) is 0 Å². The number of hydrogen-bond acceptors (Lipinski definition) is 3. The van der Waals surface area contributed by atoms with Crippen LogP contribution in [0.2, 0.25) is 0 Å². The van der Waals surface area contributed by atoms with E-state index in [9.17, 15) is 18.0 Å². The minimum absolute atomic E-state index is 0.252. The molecule has 3 nitrogen and oxygen atoms in total. The van der Waals surface area contributed by atoms with Gasteiger partial charge in [0, 0.05) is 0 Å². The van der Waals surface area contributed by atoms with E-state index in [-0.39, 0.29) is 12.5 Å². The predicted molar refractivity (Wildman–Crippen MR) is 40.2 cm³/mol. The Labute approximate surface area is 79.2 Å². The summed E-state index contributed by atoms with van der Waals surface area (Å²) in [6.45, 7) is 1.46. The first kappa shape index (κ1) is 11.3. The highest BCUT2D eigenvalue weighted by molar-refractivity contribution is 5.75. The average Bonchev–Trinajstić information content (AvgIpc) is 2.78. The smallest absolute Gasteiger partial charge is 0.466 e. The molecule has 0 aromatic heterocycles. The van der Waals surface area contributed by atoms with Gasteiger partial charge in [-0.25, -0.2) is 0 Å². The van der Waals surface area contributed by atoms with Gasteiger partial charge in [0.2, 0.25) is 0 Å². The summed E-state index contributed by atoms with van der Waals surface area (Å²) in [6.07, 6.45) is -4.18. The maximum atomic E-state index is 11.6. The van der Waals surface area contributed by atoms with Crippen molar-refractivity contribution in [1.82, 2.24) is 0 Å². The first-order valence-corrected chi connectivity index (χ1v) is 4.31. The molecule has 0 heterocycles. The second kappa shape index (κ2) is 4.16. The standard InChI is InChI=1S/C8H11F3O3/c1-2-13-7(12)6-3-5(6)4-14-8(9,10)11/h5-6H,2-4H2,1H3. The zero-order valence-electron chi connectivity index (χ0n) is 7.63. The SMILES string of the molecule is CCOC(=O)C1CC1COC(F)(F)F. The third kappa shape index (κ3) is 3.53. The van der Waals surface area contributed by atoms with Crippen LogP contribution in [0, 0.1) is 11.8 Å². The van der Waals surface area contributed by atoms with E-state index in [1.807, 2.05) is 0 Å². The molecule has 2 unspecified atom stereocenters. The van der Waals surface area contributed by atoms with Crippen molar-refractivity contribution in [2.24, 2.45) is 11.8 Å². The van der Waals surface area contributed by atoms with Gasteiger partial charge in [0.15, 0.2) is 0 Å². The Kier molecular flexibility index (Phi) is 3.36. The van der Waals surface area contributed by atoms with E-state index in [0.29, 0.717) is 6.42 Å². The molecule has 1 aliphatic carbocycles. The molecule has 0 N–H and O–H groups in total. The van der Waals surface area contributed by atoms with Crippen LogP contribution in [-0.4, -0.2) is 25.5 Å². The van der Waals surface area contributed by atoms with Crippen LogP contribution >= 0.6 is 0 Å². The number of esters is 1. The van der Waals surface area contributed by atoms with E-state index >= 15 is 0 Å². The Hall–Kier alpha value is -0.780. The van der Waals surface area contributed by atoms with Crippen LogP contribution in [0.3, 0.4) is 0 Å². The molecular formula is C8H11F3O3. The number of carbonyl (C=O) groups excluding carboxylic acids is 1. The fourth-order valence-electron chi connectivity index (χ4n) is 1.17. The molecule has 0 aromatic rings. The first-order chi connectivity index (χ1) is 6.44. The predicted octanol–water partition coefficient (Wildman–Crippen LogP) is 1.72. The molecule has 0 radical (unpaired) electrons. The Morgan fingerprint density at radius 1 is 1.50 bits per heavy atom. The van der Waals surface area contributed by atoms with Crippen molar-refractivity contribution in [3.63, 3.8) is 0 Å². The minimum atomic E-state index is -4.61. The van der Waals surface area contributed by atoms with Gasteiger partial charge in [-0.1, -0.05) is 0 Å². The average molecular weight is 212 g/mol. The molecular weight excluding hydrogens is 201 g/mol. The van der Waals surface area contributed by atoms with Gasteiger partial charge in [-0.05, 0) is 19.3 Å². The number of halogens is 3. The highest BCUT2D eigenvalue weighted by atomic mass is 19.4. The molecule has 0 aromatic carbocycles. The van der Waals surface area contributed by atoms with Gasteiger partial charge in [0.25, 0.3) is 0 Å². The maximum absolute atomic E-state index is 11.6. The Morgan fingerprint density at radius 3 is 2.64 bits per heavy atom. The van der Waals surface area contributed by atoms with Crippen LogP contribution < -0.4 is 0 Å². The third-order valence-electron chi connectivity index (χ3n) is 1.97. The fourth-order valence-corrected chi connectivity index (χ4v) is 1.17. The summed E-state index contributed by atoms with van der Waals surface area (Å²) in [7, 11) is 0. The van der Waals surface area contributed by atoms with Crippen LogP contribution in [0.25, 0.3) is 0 Å². The summed E-state index contributed by atoms with van der Waals surface area (Å²) in [5, 5.41) is 0. The summed E-state index contributed by atoms with van der Waals surface area (Å²) < 4.78 is 43.0. The third-order valence-corrected chi connectivity index (χ3v) is 1.97. The Balaban J connectivity index is 2.17. The summed E-state index contributed by atoms with van der Waals surface area (Å²) >= 11 is 0. The molecule has 0 bridgehead atoms. The van der Waals surface area contributed by atoms with E-state index in [4.69, 9.17) is 0 Å². The number of ether oxygens (including phenoxy) is 2. The maximum Gasteiger partial charge on any atom is 0.522 e. The molecule has 1 fully saturated rings. The molecule has 14 heavy (non-hydrogen) atoms. The first-order valence-electron chi connectivity index (χ1n) is 4.31. The van der Waals surface area contributed by atoms with Crippen LogP contribution in [0.1, 0.15) is 13.3 Å². The molecule has 1 rings (SSSR count). The van der Waals surface area contributed by atoms with Crippen molar-refractivity contribution in [1.29, 1.82) is 0 Å². The molecule has 0 spiro atoms. The Bertz CT molecular complexity index is 214. The highest BCUT2D eigenvalue weighted by Gasteiger charge is 2.46. The summed E-state index contributed by atoms with van der Waals surface area (Å²) in [5.41, 5.74) is 0. The lowest BCUT2D eigenvalue weighted by Crippen LogP contribution is -2.17. The van der Waals surface area contributed by atoms with Crippen LogP contribution in [0.15, 0.2) is 0 Å². The fraction of sp³-hybridized carbons (Fsp3) is 0.875. The lowest BCUT2D eigenvalue weighted by atomic mass is 10.3. The molecule has 2 atom stereocenters. The zero-order chi connectivity index (χ0) is 10.8. The molecule has 0 saturated heterocycles. The van der Waals surface area contributed by atoms with Gasteiger partial charge in [-0.3, -0.25) is 9.53 Å². The second-order valence-corrected chi connectivity index (χ2v) is 3.11. The van der Waals surface area contributed by atoms with Crippen LogP contribution in [0.4, 0.5) is 13.2 Å². The molecule has 0 aliphatic heterocycles. The molecule has 6 heteroatoms. The van der Waals surface area contributed by atoms with Crippen molar-refractivity contribution >= 4 is 5.97 Å². The lowest BCUT2D eigenvalue weighted by Gasteiger charge is -2.06. The molecule has 82 valence electrons. The van der Waals surface area contributed by atoms with Gasteiger partial charge >= 0.3 is 12.3 Å². The number of alkyl halides is 3. The topological polar surface area (TPSA) is 35.5 Å². The van der Waals surface area contributed by atoms with Gasteiger partial charge in [-0.15, -0.1) is 13.2 Å². The van der Waals surface area contributed by atoms with Gasteiger partial charge < -0.3 is 4.74 Å². The quantitative estimate of drug-likeness (QED) is 0.665. The van der Waals surface area contributed by atoms with Crippen molar-refractivity contribution in [2.45, 2.75) is 19.7 Å². The van der Waals surface area contributed by atoms with E-state index < -0.39 is 24.9 Å². The zero-order valence-corrected chi connectivity index (χ0v) is 7.63. The normalized spacial score (nSPS) is 26.0. The van der Waals surface area contributed by atoms with Gasteiger partial charge in [0.05, 0.1) is 19.1 Å². The molecule has 1 saturated carbocycles. The second-order valence-electron chi connectivity index (χ2n) is 3.11. The minimum Gasteiger partial charge on any atom is -0.466 e. The summed E-state index contributed by atoms with van der Waals surface area (Å²) in [4.78, 5) is 11.0.